The fraction of sp³-hybridized carbons (Fsp3) is 0.250. The molecule has 142 valence electrons. The van der Waals surface area contributed by atoms with Crippen LogP contribution in [0, 0.1) is 6.92 Å². The number of rotatable bonds is 6. The van der Waals surface area contributed by atoms with Gasteiger partial charge in [0.2, 0.25) is 5.04 Å². The fourth-order valence-corrected chi connectivity index (χ4v) is 3.04. The third kappa shape index (κ3) is 6.14. The molecule has 2 aromatic carbocycles. The first-order valence-electron chi connectivity index (χ1n) is 8.24. The molecule has 2 rings (SSSR count). The first kappa shape index (κ1) is 20.5. The molecule has 0 aliphatic heterocycles. The van der Waals surface area contributed by atoms with Crippen LogP contribution in [0.15, 0.2) is 63.7 Å². The number of hydrogen-bond donors (Lipinski definition) is 0. The van der Waals surface area contributed by atoms with Crippen molar-refractivity contribution in [2.24, 2.45) is 10.3 Å². The van der Waals surface area contributed by atoms with Crippen molar-refractivity contribution in [3.05, 3.63) is 65.2 Å². The molecule has 0 aliphatic carbocycles. The van der Waals surface area contributed by atoms with Crippen LogP contribution in [0.1, 0.15) is 23.6 Å². The second kappa shape index (κ2) is 10.4. The smallest absolute Gasteiger partial charge is 0.367 e. The lowest BCUT2D eigenvalue weighted by atomic mass is 10.1. The summed E-state index contributed by atoms with van der Waals surface area (Å²) >= 11 is 1.18. The Morgan fingerprint density at radius 3 is 2.48 bits per heavy atom. The summed E-state index contributed by atoms with van der Waals surface area (Å²) in [4.78, 5) is 22.8. The number of aryl methyl sites for hydroxylation is 1. The normalized spacial score (nSPS) is 11.9. The summed E-state index contributed by atoms with van der Waals surface area (Å²) in [6, 6.07) is 15.7. The minimum atomic E-state index is -0.553. The van der Waals surface area contributed by atoms with Crippen LogP contribution in [0.5, 0.6) is 0 Å². The van der Waals surface area contributed by atoms with E-state index in [1.54, 1.807) is 0 Å². The average Bonchev–Trinajstić information content (AvgIpc) is 2.69. The average molecular weight is 386 g/mol. The highest BCUT2D eigenvalue weighted by atomic mass is 32.2. The van der Waals surface area contributed by atoms with E-state index in [9.17, 15) is 4.79 Å². The van der Waals surface area contributed by atoms with E-state index in [4.69, 9.17) is 14.4 Å². The van der Waals surface area contributed by atoms with Gasteiger partial charge in [-0.05, 0) is 31.0 Å². The Kier molecular flexibility index (Phi) is 7.88. The standard InChI is InChI=1S/C20H22N2O4S/c1-14-10-11-17(12-18(14)27-19(22-25-4)20(23)24-3)15(2)21-26-13-16-8-6-5-7-9-16/h5-12H,13H2,1-4H3/b21-15+,22-19+. The molecule has 0 aliphatic rings. The van der Waals surface area contributed by atoms with Crippen LogP contribution in [0.4, 0.5) is 0 Å². The Hall–Kier alpha value is -2.80. The van der Waals surface area contributed by atoms with Gasteiger partial charge in [-0.2, -0.15) is 0 Å². The van der Waals surface area contributed by atoms with E-state index < -0.39 is 5.97 Å². The Labute approximate surface area is 163 Å². The molecule has 6 nitrogen and oxygen atoms in total. The third-order valence-corrected chi connectivity index (χ3v) is 4.72. The summed E-state index contributed by atoms with van der Waals surface area (Å²) in [6.45, 7) is 4.22. The molecule has 27 heavy (non-hydrogen) atoms. The molecule has 0 unspecified atom stereocenters. The van der Waals surface area contributed by atoms with E-state index in [1.165, 1.54) is 26.0 Å². The molecular weight excluding hydrogens is 364 g/mol. The Morgan fingerprint density at radius 2 is 1.81 bits per heavy atom. The highest BCUT2D eigenvalue weighted by Gasteiger charge is 2.17. The van der Waals surface area contributed by atoms with Crippen LogP contribution in [0.3, 0.4) is 0 Å². The van der Waals surface area contributed by atoms with Crippen molar-refractivity contribution in [3.8, 4) is 0 Å². The maximum Gasteiger partial charge on any atom is 0.367 e. The first-order chi connectivity index (χ1) is 13.0. The van der Waals surface area contributed by atoms with Crippen molar-refractivity contribution in [1.82, 2.24) is 0 Å². The van der Waals surface area contributed by atoms with Crippen molar-refractivity contribution in [2.45, 2.75) is 25.3 Å². The summed E-state index contributed by atoms with van der Waals surface area (Å²) in [7, 11) is 2.69. The van der Waals surface area contributed by atoms with E-state index in [1.807, 2.05) is 62.4 Å². The number of nitrogens with zero attached hydrogens (tertiary/aromatic N) is 2. The third-order valence-electron chi connectivity index (χ3n) is 3.62. The molecule has 0 radical (unpaired) electrons. The maximum absolute atomic E-state index is 11.8. The quantitative estimate of drug-likeness (QED) is 0.245. The van der Waals surface area contributed by atoms with Gasteiger partial charge in [-0.3, -0.25) is 0 Å². The summed E-state index contributed by atoms with van der Waals surface area (Å²) in [6.07, 6.45) is 0. The lowest BCUT2D eigenvalue weighted by Crippen LogP contribution is -2.12. The second-order valence-electron chi connectivity index (χ2n) is 5.59. The lowest BCUT2D eigenvalue weighted by molar-refractivity contribution is -0.132. The monoisotopic (exact) mass is 386 g/mol. The molecule has 0 aromatic heterocycles. The number of ether oxygens (including phenoxy) is 1. The summed E-state index contributed by atoms with van der Waals surface area (Å²) in [5, 5.41) is 8.05. The highest BCUT2D eigenvalue weighted by molar-refractivity contribution is 8.15. The van der Waals surface area contributed by atoms with Crippen LogP contribution in [0.25, 0.3) is 0 Å². The predicted molar refractivity (Wildman–Crippen MR) is 107 cm³/mol. The van der Waals surface area contributed by atoms with Gasteiger partial charge in [0.1, 0.15) is 13.7 Å². The van der Waals surface area contributed by atoms with Gasteiger partial charge in [-0.1, -0.05) is 64.5 Å². The largest absolute Gasteiger partial charge is 0.464 e. The Morgan fingerprint density at radius 1 is 1.07 bits per heavy atom. The molecule has 0 atom stereocenters. The number of hydrogen-bond acceptors (Lipinski definition) is 7. The van der Waals surface area contributed by atoms with E-state index in [2.05, 4.69) is 10.3 Å². The van der Waals surface area contributed by atoms with Crippen LogP contribution >= 0.6 is 11.8 Å². The molecule has 0 saturated carbocycles. The van der Waals surface area contributed by atoms with Gasteiger partial charge < -0.3 is 14.4 Å². The predicted octanol–water partition coefficient (Wildman–Crippen LogP) is 4.16. The van der Waals surface area contributed by atoms with Crippen LogP contribution < -0.4 is 0 Å². The van der Waals surface area contributed by atoms with E-state index in [-0.39, 0.29) is 5.04 Å². The number of oxime groups is 2. The molecule has 0 saturated heterocycles. The molecule has 0 heterocycles. The molecule has 0 fully saturated rings. The van der Waals surface area contributed by atoms with E-state index in [0.29, 0.717) is 6.61 Å². The van der Waals surface area contributed by atoms with Crippen molar-refractivity contribution >= 4 is 28.5 Å². The number of thioether (sulfide) groups is 1. The van der Waals surface area contributed by atoms with Crippen LogP contribution in [0.2, 0.25) is 0 Å². The number of benzene rings is 2. The highest BCUT2D eigenvalue weighted by Crippen LogP contribution is 2.26. The Bertz CT molecular complexity index is 835. The molecule has 0 N–H and O–H groups in total. The van der Waals surface area contributed by atoms with Gasteiger partial charge in [0, 0.05) is 10.5 Å². The summed E-state index contributed by atoms with van der Waals surface area (Å²) in [5.74, 6) is -0.553. The van der Waals surface area contributed by atoms with Gasteiger partial charge in [0.25, 0.3) is 0 Å². The maximum atomic E-state index is 11.8. The lowest BCUT2D eigenvalue weighted by Gasteiger charge is -2.09. The van der Waals surface area contributed by atoms with Gasteiger partial charge >= 0.3 is 5.97 Å². The zero-order chi connectivity index (χ0) is 19.6. The van der Waals surface area contributed by atoms with Gasteiger partial charge in [-0.15, -0.1) is 0 Å². The van der Waals surface area contributed by atoms with Crippen molar-refractivity contribution < 1.29 is 19.2 Å². The number of carbonyl (C=O) groups excluding carboxylic acids is 1. The van der Waals surface area contributed by atoms with Gasteiger partial charge in [-0.25, -0.2) is 4.79 Å². The number of carbonyl (C=O) groups is 1. The van der Waals surface area contributed by atoms with E-state index >= 15 is 0 Å². The Balaban J connectivity index is 2.14. The number of methoxy groups -OCH3 is 1. The van der Waals surface area contributed by atoms with E-state index in [0.717, 1.165) is 27.3 Å². The topological polar surface area (TPSA) is 69.5 Å². The molecule has 7 heteroatoms. The second-order valence-corrected chi connectivity index (χ2v) is 6.62. The van der Waals surface area contributed by atoms with Crippen LogP contribution in [-0.2, 0) is 25.8 Å². The summed E-state index contributed by atoms with van der Waals surface area (Å²) < 4.78 is 4.74. The SMILES string of the molecule is CO/N=C(/Sc1cc(/C(C)=N/OCc2ccccc2)ccc1C)C(=O)OC. The zero-order valence-corrected chi connectivity index (χ0v) is 16.6. The molecule has 2 aromatic rings. The summed E-state index contributed by atoms with van der Waals surface area (Å²) in [5.41, 5.74) is 3.66. The molecule has 0 amide bonds. The van der Waals surface area contributed by atoms with Crippen molar-refractivity contribution in [1.29, 1.82) is 0 Å². The van der Waals surface area contributed by atoms with Gasteiger partial charge in [0.05, 0.1) is 12.8 Å². The number of esters is 1. The minimum absolute atomic E-state index is 0.121. The minimum Gasteiger partial charge on any atom is -0.464 e. The van der Waals surface area contributed by atoms with Crippen LogP contribution in [-0.4, -0.2) is 30.9 Å². The molecule has 0 spiro atoms. The molecular formula is C20H22N2O4S. The van der Waals surface area contributed by atoms with Crippen molar-refractivity contribution in [3.63, 3.8) is 0 Å². The first-order valence-corrected chi connectivity index (χ1v) is 9.05. The fourth-order valence-electron chi connectivity index (χ4n) is 2.14. The van der Waals surface area contributed by atoms with Gasteiger partial charge in [0.15, 0.2) is 0 Å². The zero-order valence-electron chi connectivity index (χ0n) is 15.8. The van der Waals surface area contributed by atoms with Crippen molar-refractivity contribution in [2.75, 3.05) is 14.2 Å². The molecule has 0 bridgehead atoms.